The second-order valence-corrected chi connectivity index (χ2v) is 5.75. The molecule has 1 aromatic rings. The molecule has 1 N–H and O–H groups in total. The highest BCUT2D eigenvalue weighted by Crippen LogP contribution is 2.32. The number of methoxy groups -OCH3 is 1. The summed E-state index contributed by atoms with van der Waals surface area (Å²) in [7, 11) is 1.58. The van der Waals surface area contributed by atoms with Gasteiger partial charge in [0.2, 0.25) is 0 Å². The summed E-state index contributed by atoms with van der Waals surface area (Å²) < 4.78 is 5.31. The molecule has 2 rings (SSSR count). The third kappa shape index (κ3) is 3.12. The second kappa shape index (κ2) is 5.83. The lowest BCUT2D eigenvalue weighted by Gasteiger charge is -2.26. The Balaban J connectivity index is 2.35. The third-order valence-corrected chi connectivity index (χ3v) is 3.98. The number of ether oxygens (including phenoxy) is 1. The molecule has 4 nitrogen and oxygen atoms in total. The van der Waals surface area contributed by atoms with Gasteiger partial charge in [0.1, 0.15) is 5.75 Å². The Labute approximate surface area is 120 Å². The highest BCUT2D eigenvalue weighted by Gasteiger charge is 2.27. The summed E-state index contributed by atoms with van der Waals surface area (Å²) in [4.78, 5) is 14.1. The molecule has 1 unspecified atom stereocenters. The van der Waals surface area contributed by atoms with Gasteiger partial charge in [0, 0.05) is 13.1 Å². The van der Waals surface area contributed by atoms with Crippen molar-refractivity contribution >= 4 is 11.5 Å². The van der Waals surface area contributed by atoms with Crippen LogP contribution in [-0.2, 0) is 0 Å². The van der Waals surface area contributed by atoms with Crippen LogP contribution in [0.2, 0.25) is 0 Å². The number of carbonyl (C=O) groups is 1. The minimum Gasteiger partial charge on any atom is -0.496 e. The van der Waals surface area contributed by atoms with Crippen molar-refractivity contribution in [1.29, 1.82) is 0 Å². The summed E-state index contributed by atoms with van der Waals surface area (Å²) in [6.45, 7) is 5.05. The van der Waals surface area contributed by atoms with Crippen LogP contribution in [0.3, 0.4) is 0 Å². The third-order valence-electron chi connectivity index (χ3n) is 3.98. The van der Waals surface area contributed by atoms with Crippen LogP contribution < -0.4 is 9.64 Å². The van der Waals surface area contributed by atoms with Gasteiger partial charge in [-0.05, 0) is 45.2 Å². The van der Waals surface area contributed by atoms with Gasteiger partial charge in [-0.25, -0.2) is 0 Å². The van der Waals surface area contributed by atoms with E-state index in [1.54, 1.807) is 14.0 Å². The monoisotopic (exact) mass is 277 g/mol. The molecule has 1 atom stereocenters. The molecule has 0 bridgehead atoms. The standard InChI is InChI=1S/C16H23NO3/c1-12(18)15-13(6-4-7-14(15)20-3)17-10-5-8-16(2,19)9-11-17/h4,6-7,19H,5,8-11H2,1-3H3. The normalized spacial score (nSPS) is 23.3. The number of aliphatic hydroxyl groups is 1. The molecule has 0 spiro atoms. The van der Waals surface area contributed by atoms with Gasteiger partial charge in [-0.1, -0.05) is 6.07 Å². The molecule has 20 heavy (non-hydrogen) atoms. The van der Waals surface area contributed by atoms with E-state index in [4.69, 9.17) is 4.74 Å². The maximum atomic E-state index is 11.9. The van der Waals surface area contributed by atoms with Crippen molar-refractivity contribution in [3.8, 4) is 5.75 Å². The van der Waals surface area contributed by atoms with Gasteiger partial charge in [0.15, 0.2) is 5.78 Å². The maximum absolute atomic E-state index is 11.9. The van der Waals surface area contributed by atoms with E-state index in [1.165, 1.54) is 0 Å². The molecule has 110 valence electrons. The van der Waals surface area contributed by atoms with E-state index in [0.717, 1.165) is 31.6 Å². The lowest BCUT2D eigenvalue weighted by molar-refractivity contribution is 0.0481. The Morgan fingerprint density at radius 3 is 2.75 bits per heavy atom. The molecule has 1 aromatic carbocycles. The number of Topliss-reactive ketones (excluding diaryl/α,β-unsaturated/α-hetero) is 1. The molecule has 0 radical (unpaired) electrons. The molecule has 1 saturated heterocycles. The van der Waals surface area contributed by atoms with Crippen LogP contribution in [0.1, 0.15) is 43.5 Å². The van der Waals surface area contributed by atoms with Crippen molar-refractivity contribution < 1.29 is 14.6 Å². The second-order valence-electron chi connectivity index (χ2n) is 5.75. The Morgan fingerprint density at radius 1 is 1.35 bits per heavy atom. The lowest BCUT2D eigenvalue weighted by atomic mass is 9.98. The van der Waals surface area contributed by atoms with E-state index in [9.17, 15) is 9.90 Å². The molecule has 1 fully saturated rings. The number of nitrogens with zero attached hydrogens (tertiary/aromatic N) is 1. The average molecular weight is 277 g/mol. The van der Waals surface area contributed by atoms with Crippen molar-refractivity contribution in [1.82, 2.24) is 0 Å². The molecule has 0 saturated carbocycles. The number of carbonyl (C=O) groups excluding carboxylic acids is 1. The van der Waals surface area contributed by atoms with Crippen molar-refractivity contribution in [2.75, 3.05) is 25.1 Å². The SMILES string of the molecule is COc1cccc(N2CCCC(C)(O)CC2)c1C(C)=O. The maximum Gasteiger partial charge on any atom is 0.165 e. The van der Waals surface area contributed by atoms with Crippen LogP contribution in [0.15, 0.2) is 18.2 Å². The quantitative estimate of drug-likeness (QED) is 0.863. The predicted octanol–water partition coefficient (Wildman–Crippen LogP) is 2.64. The number of anilines is 1. The van der Waals surface area contributed by atoms with Crippen LogP contribution in [0.5, 0.6) is 5.75 Å². The molecule has 0 amide bonds. The summed E-state index contributed by atoms with van der Waals surface area (Å²) in [5.41, 5.74) is 0.940. The molecule has 4 heteroatoms. The minimum atomic E-state index is -0.607. The Kier molecular flexibility index (Phi) is 4.33. The summed E-state index contributed by atoms with van der Waals surface area (Å²) in [5.74, 6) is 0.625. The van der Waals surface area contributed by atoms with Gasteiger partial charge in [-0.2, -0.15) is 0 Å². The Morgan fingerprint density at radius 2 is 2.10 bits per heavy atom. The molecule has 1 heterocycles. The largest absolute Gasteiger partial charge is 0.496 e. The fraction of sp³-hybridized carbons (Fsp3) is 0.562. The molecular weight excluding hydrogens is 254 g/mol. The van der Waals surface area contributed by atoms with Crippen molar-refractivity contribution in [2.45, 2.75) is 38.7 Å². The van der Waals surface area contributed by atoms with E-state index in [1.807, 2.05) is 25.1 Å². The molecule has 1 aliphatic heterocycles. The van der Waals surface area contributed by atoms with E-state index < -0.39 is 5.60 Å². The highest BCUT2D eigenvalue weighted by molar-refractivity contribution is 6.02. The van der Waals surface area contributed by atoms with Gasteiger partial charge < -0.3 is 14.7 Å². The van der Waals surface area contributed by atoms with Gasteiger partial charge in [0.05, 0.1) is 24.0 Å². The van der Waals surface area contributed by atoms with E-state index >= 15 is 0 Å². The summed E-state index contributed by atoms with van der Waals surface area (Å²) in [6.07, 6.45) is 2.42. The van der Waals surface area contributed by atoms with E-state index in [0.29, 0.717) is 17.7 Å². The summed E-state index contributed by atoms with van der Waals surface area (Å²) >= 11 is 0. The number of ketones is 1. The first kappa shape index (κ1) is 14.9. The van der Waals surface area contributed by atoms with Gasteiger partial charge in [0.25, 0.3) is 0 Å². The fourth-order valence-corrected chi connectivity index (χ4v) is 2.81. The van der Waals surface area contributed by atoms with E-state index in [-0.39, 0.29) is 5.78 Å². The zero-order valence-electron chi connectivity index (χ0n) is 12.5. The predicted molar refractivity (Wildman–Crippen MR) is 79.7 cm³/mol. The first-order valence-corrected chi connectivity index (χ1v) is 7.10. The zero-order valence-corrected chi connectivity index (χ0v) is 12.5. The van der Waals surface area contributed by atoms with Gasteiger partial charge >= 0.3 is 0 Å². The number of rotatable bonds is 3. The first-order valence-electron chi connectivity index (χ1n) is 7.10. The van der Waals surface area contributed by atoms with Gasteiger partial charge in [-0.3, -0.25) is 4.79 Å². The Hall–Kier alpha value is -1.55. The Bertz CT molecular complexity index is 496. The minimum absolute atomic E-state index is 0.00783. The molecule has 0 aliphatic carbocycles. The van der Waals surface area contributed by atoms with Crippen LogP contribution in [0.4, 0.5) is 5.69 Å². The zero-order chi connectivity index (χ0) is 14.8. The molecular formula is C16H23NO3. The lowest BCUT2D eigenvalue weighted by Crippen LogP contribution is -2.29. The fourth-order valence-electron chi connectivity index (χ4n) is 2.81. The number of hydrogen-bond donors (Lipinski definition) is 1. The van der Waals surface area contributed by atoms with Crippen LogP contribution in [0, 0.1) is 0 Å². The summed E-state index contributed by atoms with van der Waals surface area (Å²) in [6, 6.07) is 5.68. The number of hydrogen-bond acceptors (Lipinski definition) is 4. The molecule has 0 aromatic heterocycles. The summed E-state index contributed by atoms with van der Waals surface area (Å²) in [5, 5.41) is 10.2. The van der Waals surface area contributed by atoms with Crippen molar-refractivity contribution in [3.05, 3.63) is 23.8 Å². The average Bonchev–Trinajstić information content (AvgIpc) is 2.58. The highest BCUT2D eigenvalue weighted by atomic mass is 16.5. The van der Waals surface area contributed by atoms with Crippen LogP contribution in [0.25, 0.3) is 0 Å². The van der Waals surface area contributed by atoms with E-state index in [2.05, 4.69) is 4.90 Å². The first-order chi connectivity index (χ1) is 9.44. The number of benzene rings is 1. The van der Waals surface area contributed by atoms with Crippen molar-refractivity contribution in [3.63, 3.8) is 0 Å². The van der Waals surface area contributed by atoms with Crippen LogP contribution in [-0.4, -0.2) is 36.7 Å². The van der Waals surface area contributed by atoms with Crippen molar-refractivity contribution in [2.24, 2.45) is 0 Å². The van der Waals surface area contributed by atoms with Gasteiger partial charge in [-0.15, -0.1) is 0 Å². The smallest absolute Gasteiger partial charge is 0.165 e. The van der Waals surface area contributed by atoms with Crippen LogP contribution >= 0.6 is 0 Å². The topological polar surface area (TPSA) is 49.8 Å². The molecule has 1 aliphatic rings.